The number of hydrogen-bond donors (Lipinski definition) is 2. The Hall–Kier alpha value is -1.03. The fourth-order valence-electron chi connectivity index (χ4n) is 1.75. The average molecular weight is 213 g/mol. The Kier molecular flexibility index (Phi) is 4.15. The number of allylic oxidation sites excluding steroid dienone is 1. The summed E-state index contributed by atoms with van der Waals surface area (Å²) in [7, 11) is 0. The second-order valence-corrected chi connectivity index (χ2v) is 4.45. The summed E-state index contributed by atoms with van der Waals surface area (Å²) >= 11 is 0. The van der Waals surface area contributed by atoms with Crippen LogP contribution in [0.3, 0.4) is 0 Å². The fourth-order valence-corrected chi connectivity index (χ4v) is 1.75. The predicted molar refractivity (Wildman–Crippen MR) is 57.7 cm³/mol. The summed E-state index contributed by atoms with van der Waals surface area (Å²) in [6.07, 6.45) is 3.88. The topological polar surface area (TPSA) is 60.8 Å². The van der Waals surface area contributed by atoms with Gasteiger partial charge in [0.2, 0.25) is 0 Å². The molecule has 1 saturated heterocycles. The van der Waals surface area contributed by atoms with Gasteiger partial charge < -0.3 is 10.2 Å². The molecule has 0 spiro atoms. The van der Waals surface area contributed by atoms with Crippen LogP contribution in [-0.2, 0) is 0 Å². The highest BCUT2D eigenvalue weighted by atomic mass is 16.4. The van der Waals surface area contributed by atoms with Crippen molar-refractivity contribution in [3.8, 4) is 0 Å². The van der Waals surface area contributed by atoms with Crippen LogP contribution in [0.15, 0.2) is 12.2 Å². The van der Waals surface area contributed by atoms with E-state index in [1.807, 2.05) is 12.2 Å². The molecule has 0 saturated carbocycles. The van der Waals surface area contributed by atoms with Crippen LogP contribution in [0, 0.1) is 5.92 Å². The number of aliphatic hydroxyl groups is 1. The van der Waals surface area contributed by atoms with Crippen molar-refractivity contribution >= 4 is 6.09 Å². The Labute approximate surface area is 90.2 Å². The molecule has 2 N–H and O–H groups in total. The molecule has 15 heavy (non-hydrogen) atoms. The van der Waals surface area contributed by atoms with Gasteiger partial charge in [-0.2, -0.15) is 0 Å². The second-order valence-electron chi connectivity index (χ2n) is 4.45. The molecule has 86 valence electrons. The average Bonchev–Trinajstić information content (AvgIpc) is 2.46. The third-order valence-electron chi connectivity index (χ3n) is 2.53. The minimum Gasteiger partial charge on any atom is -0.465 e. The maximum Gasteiger partial charge on any atom is 0.407 e. The third-order valence-corrected chi connectivity index (χ3v) is 2.53. The molecular weight excluding hydrogens is 194 g/mol. The van der Waals surface area contributed by atoms with Crippen LogP contribution >= 0.6 is 0 Å². The third kappa shape index (κ3) is 3.55. The van der Waals surface area contributed by atoms with E-state index in [1.54, 1.807) is 0 Å². The lowest BCUT2D eigenvalue weighted by molar-refractivity contribution is 0.135. The number of hydrogen-bond acceptors (Lipinski definition) is 2. The van der Waals surface area contributed by atoms with E-state index < -0.39 is 12.2 Å². The molecule has 0 aromatic carbocycles. The number of β-amino-alcohol motifs (C(OH)–C–C–N with tert-alkyl or cyclic N) is 1. The standard InChI is InChI=1S/C11H19NO3/c1-8(2)4-3-5-9-6-10(13)7-12(9)11(14)15/h3,5,8-10,13H,4,6-7H2,1-2H3,(H,14,15)/t9-,10-/m1/s1. The van der Waals surface area contributed by atoms with Gasteiger partial charge in [0.1, 0.15) is 0 Å². The van der Waals surface area contributed by atoms with Crippen molar-refractivity contribution in [2.24, 2.45) is 5.92 Å². The smallest absolute Gasteiger partial charge is 0.407 e. The highest BCUT2D eigenvalue weighted by Crippen LogP contribution is 2.19. The lowest BCUT2D eigenvalue weighted by atomic mass is 10.1. The van der Waals surface area contributed by atoms with Crippen molar-refractivity contribution in [2.75, 3.05) is 6.54 Å². The van der Waals surface area contributed by atoms with E-state index >= 15 is 0 Å². The maximum atomic E-state index is 10.8. The van der Waals surface area contributed by atoms with Crippen LogP contribution in [0.5, 0.6) is 0 Å². The van der Waals surface area contributed by atoms with Crippen LogP contribution in [0.4, 0.5) is 4.79 Å². The van der Waals surface area contributed by atoms with Crippen molar-refractivity contribution in [1.82, 2.24) is 4.90 Å². The van der Waals surface area contributed by atoms with Crippen LogP contribution < -0.4 is 0 Å². The second kappa shape index (κ2) is 5.16. The van der Waals surface area contributed by atoms with Crippen LogP contribution in [0.25, 0.3) is 0 Å². The first-order valence-electron chi connectivity index (χ1n) is 5.35. The molecule has 2 atom stereocenters. The molecule has 1 aliphatic rings. The Morgan fingerprint density at radius 3 is 2.80 bits per heavy atom. The van der Waals surface area contributed by atoms with Crippen LogP contribution in [-0.4, -0.2) is 39.9 Å². The maximum absolute atomic E-state index is 10.8. The molecule has 0 radical (unpaired) electrons. The molecule has 1 rings (SSSR count). The zero-order valence-electron chi connectivity index (χ0n) is 9.26. The van der Waals surface area contributed by atoms with E-state index in [0.717, 1.165) is 6.42 Å². The summed E-state index contributed by atoms with van der Waals surface area (Å²) in [4.78, 5) is 12.1. The summed E-state index contributed by atoms with van der Waals surface area (Å²) in [6, 6.07) is -0.156. The summed E-state index contributed by atoms with van der Waals surface area (Å²) in [6.45, 7) is 4.46. The number of aliphatic hydroxyl groups excluding tert-OH is 1. The first-order chi connectivity index (χ1) is 7.00. The van der Waals surface area contributed by atoms with Gasteiger partial charge in [-0.15, -0.1) is 0 Å². The SMILES string of the molecule is CC(C)CC=C[C@@H]1C[C@@H](O)CN1C(=O)O. The number of carbonyl (C=O) groups is 1. The molecule has 1 aliphatic heterocycles. The van der Waals surface area contributed by atoms with Crippen LogP contribution in [0.2, 0.25) is 0 Å². The van der Waals surface area contributed by atoms with E-state index in [-0.39, 0.29) is 12.6 Å². The normalized spacial score (nSPS) is 26.8. The summed E-state index contributed by atoms with van der Waals surface area (Å²) in [5, 5.41) is 18.3. The summed E-state index contributed by atoms with van der Waals surface area (Å²) < 4.78 is 0. The van der Waals surface area contributed by atoms with E-state index in [1.165, 1.54) is 4.90 Å². The van der Waals surface area contributed by atoms with Gasteiger partial charge in [-0.25, -0.2) is 4.79 Å². The van der Waals surface area contributed by atoms with E-state index in [2.05, 4.69) is 13.8 Å². The first kappa shape index (κ1) is 12.0. The molecule has 1 heterocycles. The number of carboxylic acid groups (broad SMARTS) is 1. The number of amides is 1. The van der Waals surface area contributed by atoms with Crippen LogP contribution in [0.1, 0.15) is 26.7 Å². The van der Waals surface area contributed by atoms with Gasteiger partial charge in [0, 0.05) is 0 Å². The van der Waals surface area contributed by atoms with E-state index in [9.17, 15) is 9.90 Å². The minimum atomic E-state index is -0.953. The minimum absolute atomic E-state index is 0.156. The van der Waals surface area contributed by atoms with Crippen molar-refractivity contribution in [2.45, 2.75) is 38.8 Å². The van der Waals surface area contributed by atoms with Gasteiger partial charge in [0.25, 0.3) is 0 Å². The lowest BCUT2D eigenvalue weighted by Crippen LogP contribution is -2.33. The molecule has 0 bridgehead atoms. The van der Waals surface area contributed by atoms with Crippen molar-refractivity contribution in [1.29, 1.82) is 0 Å². The summed E-state index contributed by atoms with van der Waals surface area (Å²) in [5.41, 5.74) is 0. The highest BCUT2D eigenvalue weighted by molar-refractivity contribution is 5.66. The zero-order chi connectivity index (χ0) is 11.4. The lowest BCUT2D eigenvalue weighted by Gasteiger charge is -2.17. The first-order valence-corrected chi connectivity index (χ1v) is 5.35. The Bertz CT molecular complexity index is 250. The van der Waals surface area contributed by atoms with Crippen molar-refractivity contribution in [3.63, 3.8) is 0 Å². The Morgan fingerprint density at radius 1 is 1.60 bits per heavy atom. The molecule has 1 fully saturated rings. The van der Waals surface area contributed by atoms with Gasteiger partial charge in [-0.1, -0.05) is 26.0 Å². The van der Waals surface area contributed by atoms with Crippen molar-refractivity contribution < 1.29 is 15.0 Å². The van der Waals surface area contributed by atoms with Crippen molar-refractivity contribution in [3.05, 3.63) is 12.2 Å². The summed E-state index contributed by atoms with van der Waals surface area (Å²) in [5.74, 6) is 0.575. The molecular formula is C11H19NO3. The van der Waals surface area contributed by atoms with Gasteiger partial charge >= 0.3 is 6.09 Å². The zero-order valence-corrected chi connectivity index (χ0v) is 9.26. The molecule has 4 nitrogen and oxygen atoms in total. The monoisotopic (exact) mass is 213 g/mol. The van der Waals surface area contributed by atoms with E-state index in [4.69, 9.17) is 5.11 Å². The molecule has 0 aromatic heterocycles. The van der Waals surface area contributed by atoms with Gasteiger partial charge in [0.05, 0.1) is 18.7 Å². The predicted octanol–water partition coefficient (Wildman–Crippen LogP) is 1.70. The van der Waals surface area contributed by atoms with Gasteiger partial charge in [-0.3, -0.25) is 4.90 Å². The number of likely N-dealkylation sites (tertiary alicyclic amines) is 1. The molecule has 0 aromatic rings. The molecule has 4 heteroatoms. The van der Waals surface area contributed by atoms with Gasteiger partial charge in [-0.05, 0) is 18.8 Å². The molecule has 0 unspecified atom stereocenters. The number of nitrogens with zero attached hydrogens (tertiary/aromatic N) is 1. The number of rotatable bonds is 3. The Morgan fingerprint density at radius 2 is 2.27 bits per heavy atom. The highest BCUT2D eigenvalue weighted by Gasteiger charge is 2.32. The Balaban J connectivity index is 2.52. The largest absolute Gasteiger partial charge is 0.465 e. The molecule has 1 amide bonds. The quantitative estimate of drug-likeness (QED) is 0.701. The molecule has 0 aliphatic carbocycles. The van der Waals surface area contributed by atoms with E-state index in [0.29, 0.717) is 12.3 Å². The van der Waals surface area contributed by atoms with Gasteiger partial charge in [0.15, 0.2) is 0 Å². The fraction of sp³-hybridized carbons (Fsp3) is 0.727.